The van der Waals surface area contributed by atoms with Crippen LogP contribution in [-0.2, 0) is 4.79 Å². The molecule has 1 aromatic carbocycles. The topological polar surface area (TPSA) is 97.5 Å². The van der Waals surface area contributed by atoms with Gasteiger partial charge in [-0.15, -0.1) is 0 Å². The molecule has 4 rings (SSSR count). The first kappa shape index (κ1) is 21.4. The normalized spacial score (nSPS) is 22.3. The molecule has 1 aliphatic heterocycles. The average molecular weight is 426 g/mol. The monoisotopic (exact) mass is 425 g/mol. The molecule has 166 valence electrons. The zero-order chi connectivity index (χ0) is 21.8. The molecule has 2 atom stereocenters. The van der Waals surface area contributed by atoms with Crippen LogP contribution < -0.4 is 10.6 Å². The average Bonchev–Trinajstić information content (AvgIpc) is 3.19. The molecule has 0 bridgehead atoms. The van der Waals surface area contributed by atoms with Crippen molar-refractivity contribution in [2.45, 2.75) is 38.6 Å². The summed E-state index contributed by atoms with van der Waals surface area (Å²) in [6.45, 7) is 4.59. The smallest absolute Gasteiger partial charge is 0.321 e. The third-order valence-corrected chi connectivity index (χ3v) is 6.47. The molecule has 2 aliphatic rings. The third kappa shape index (κ3) is 5.25. The van der Waals surface area contributed by atoms with Crippen LogP contribution in [0.25, 0.3) is 10.9 Å². The molecular formula is C23H31N5O3. The number of nitrogens with zero attached hydrogens (tertiary/aromatic N) is 2. The maximum Gasteiger partial charge on any atom is 0.321 e. The fourth-order valence-electron chi connectivity index (χ4n) is 4.57. The van der Waals surface area contributed by atoms with Gasteiger partial charge in [-0.25, -0.2) is 4.79 Å². The molecule has 1 saturated carbocycles. The Kier molecular flexibility index (Phi) is 6.56. The minimum atomic E-state index is -0.406. The lowest BCUT2D eigenvalue weighted by Crippen LogP contribution is -2.53. The van der Waals surface area contributed by atoms with E-state index in [0.717, 1.165) is 30.2 Å². The molecule has 0 spiro atoms. The van der Waals surface area contributed by atoms with Crippen LogP contribution in [0.5, 0.6) is 0 Å². The summed E-state index contributed by atoms with van der Waals surface area (Å²) in [7, 11) is 0. The summed E-state index contributed by atoms with van der Waals surface area (Å²) >= 11 is 0. The van der Waals surface area contributed by atoms with Crippen LogP contribution in [0.4, 0.5) is 4.79 Å². The molecule has 2 aromatic rings. The fraction of sp³-hybridized carbons (Fsp3) is 0.522. The van der Waals surface area contributed by atoms with Crippen LogP contribution in [0.1, 0.15) is 43.1 Å². The van der Waals surface area contributed by atoms with Crippen molar-refractivity contribution in [2.24, 2.45) is 5.92 Å². The van der Waals surface area contributed by atoms with E-state index in [1.807, 2.05) is 35.2 Å². The van der Waals surface area contributed by atoms with E-state index in [4.69, 9.17) is 0 Å². The van der Waals surface area contributed by atoms with Gasteiger partial charge in [0.1, 0.15) is 5.69 Å². The molecule has 8 heteroatoms. The zero-order valence-corrected chi connectivity index (χ0v) is 18.0. The number of urea groups is 1. The third-order valence-electron chi connectivity index (χ3n) is 6.47. The number of fused-ring (bicyclic) bond motifs is 1. The van der Waals surface area contributed by atoms with Gasteiger partial charge in [-0.05, 0) is 30.9 Å². The van der Waals surface area contributed by atoms with Gasteiger partial charge in [0, 0.05) is 43.1 Å². The van der Waals surface area contributed by atoms with Crippen molar-refractivity contribution in [1.82, 2.24) is 25.4 Å². The molecule has 8 nitrogen and oxygen atoms in total. The van der Waals surface area contributed by atoms with E-state index in [9.17, 15) is 14.4 Å². The Balaban J connectivity index is 1.21. The van der Waals surface area contributed by atoms with Crippen LogP contribution in [0.2, 0.25) is 0 Å². The van der Waals surface area contributed by atoms with Crippen molar-refractivity contribution in [1.29, 1.82) is 0 Å². The van der Waals surface area contributed by atoms with Crippen molar-refractivity contribution in [2.75, 3.05) is 32.7 Å². The van der Waals surface area contributed by atoms with Crippen molar-refractivity contribution in [3.8, 4) is 0 Å². The van der Waals surface area contributed by atoms with Crippen molar-refractivity contribution < 1.29 is 14.4 Å². The molecule has 1 aliphatic carbocycles. The van der Waals surface area contributed by atoms with E-state index in [1.54, 1.807) is 4.90 Å². The highest BCUT2D eigenvalue weighted by Crippen LogP contribution is 2.23. The molecule has 4 amide bonds. The predicted molar refractivity (Wildman–Crippen MR) is 119 cm³/mol. The number of rotatable bonds is 4. The summed E-state index contributed by atoms with van der Waals surface area (Å²) in [5.74, 6) is 0.107. The number of imide groups is 1. The minimum absolute atomic E-state index is 0.0266. The maximum absolute atomic E-state index is 12.8. The van der Waals surface area contributed by atoms with Gasteiger partial charge in [-0.3, -0.25) is 19.8 Å². The number of carbonyl (C=O) groups excluding carboxylic acids is 3. The van der Waals surface area contributed by atoms with Crippen LogP contribution in [-0.4, -0.2) is 71.4 Å². The number of hydrogen-bond donors (Lipinski definition) is 3. The summed E-state index contributed by atoms with van der Waals surface area (Å²) in [6, 6.07) is 9.43. The summed E-state index contributed by atoms with van der Waals surface area (Å²) in [5, 5.41) is 6.41. The molecule has 0 radical (unpaired) electrons. The van der Waals surface area contributed by atoms with Gasteiger partial charge in [0.15, 0.2) is 0 Å². The second kappa shape index (κ2) is 9.51. The number of piperazine rings is 1. The van der Waals surface area contributed by atoms with Gasteiger partial charge >= 0.3 is 6.03 Å². The highest BCUT2D eigenvalue weighted by Gasteiger charge is 2.26. The van der Waals surface area contributed by atoms with E-state index in [1.165, 1.54) is 6.42 Å². The predicted octanol–water partition coefficient (Wildman–Crippen LogP) is 2.33. The number of nitrogens with one attached hydrogen (secondary N) is 3. The molecule has 2 fully saturated rings. The van der Waals surface area contributed by atoms with Gasteiger partial charge in [-0.1, -0.05) is 38.0 Å². The number of para-hydroxylation sites is 1. The number of hydrogen-bond acceptors (Lipinski definition) is 4. The van der Waals surface area contributed by atoms with Crippen LogP contribution in [0, 0.1) is 5.92 Å². The maximum atomic E-state index is 12.8. The van der Waals surface area contributed by atoms with Gasteiger partial charge in [0.25, 0.3) is 5.91 Å². The van der Waals surface area contributed by atoms with Crippen LogP contribution in [0.3, 0.4) is 0 Å². The Morgan fingerprint density at radius 2 is 1.81 bits per heavy atom. The molecule has 2 unspecified atom stereocenters. The SMILES string of the molecule is CC1CCCCC1NC(=O)NC(=O)CN1CCN(C(=O)c2cc3ccccc3[nH]2)CC1. The van der Waals surface area contributed by atoms with Crippen LogP contribution >= 0.6 is 0 Å². The Morgan fingerprint density at radius 1 is 1.06 bits per heavy atom. The van der Waals surface area contributed by atoms with Crippen LogP contribution in [0.15, 0.2) is 30.3 Å². The summed E-state index contributed by atoms with van der Waals surface area (Å²) in [6.07, 6.45) is 4.40. The lowest BCUT2D eigenvalue weighted by Gasteiger charge is -2.34. The van der Waals surface area contributed by atoms with Gasteiger partial charge < -0.3 is 15.2 Å². The Labute approximate surface area is 182 Å². The van der Waals surface area contributed by atoms with E-state index in [2.05, 4.69) is 22.5 Å². The zero-order valence-electron chi connectivity index (χ0n) is 18.0. The van der Waals surface area contributed by atoms with Gasteiger partial charge in [0.2, 0.25) is 5.91 Å². The molecular weight excluding hydrogens is 394 g/mol. The van der Waals surface area contributed by atoms with E-state index >= 15 is 0 Å². The lowest BCUT2D eigenvalue weighted by atomic mass is 9.86. The van der Waals surface area contributed by atoms with E-state index in [0.29, 0.717) is 37.8 Å². The first-order valence-corrected chi connectivity index (χ1v) is 11.2. The standard InChI is InChI=1S/C23H31N5O3/c1-16-6-2-4-8-18(16)25-23(31)26-21(29)15-27-10-12-28(13-11-27)22(30)20-14-17-7-3-5-9-19(17)24-20/h3,5,7,9,14,16,18,24H,2,4,6,8,10-13,15H2,1H3,(H2,25,26,29,31). The van der Waals surface area contributed by atoms with Crippen molar-refractivity contribution >= 4 is 28.7 Å². The van der Waals surface area contributed by atoms with E-state index in [-0.39, 0.29) is 24.4 Å². The number of H-pyrrole nitrogens is 1. The lowest BCUT2D eigenvalue weighted by molar-refractivity contribution is -0.121. The summed E-state index contributed by atoms with van der Waals surface area (Å²) < 4.78 is 0. The van der Waals surface area contributed by atoms with E-state index < -0.39 is 6.03 Å². The quantitative estimate of drug-likeness (QED) is 0.700. The number of aromatic amines is 1. The highest BCUT2D eigenvalue weighted by molar-refractivity contribution is 5.98. The van der Waals surface area contributed by atoms with Gasteiger partial charge in [-0.2, -0.15) is 0 Å². The second-order valence-electron chi connectivity index (χ2n) is 8.73. The Morgan fingerprint density at radius 3 is 2.55 bits per heavy atom. The number of carbonyl (C=O) groups is 3. The minimum Gasteiger partial charge on any atom is -0.351 e. The number of aromatic nitrogens is 1. The van der Waals surface area contributed by atoms with Crippen molar-refractivity contribution in [3.63, 3.8) is 0 Å². The number of benzene rings is 1. The largest absolute Gasteiger partial charge is 0.351 e. The second-order valence-corrected chi connectivity index (χ2v) is 8.73. The number of amides is 4. The molecule has 3 N–H and O–H groups in total. The first-order chi connectivity index (χ1) is 15.0. The van der Waals surface area contributed by atoms with Crippen molar-refractivity contribution in [3.05, 3.63) is 36.0 Å². The highest BCUT2D eigenvalue weighted by atomic mass is 16.2. The van der Waals surface area contributed by atoms with Gasteiger partial charge in [0.05, 0.1) is 6.54 Å². The Hall–Kier alpha value is -2.87. The summed E-state index contributed by atoms with van der Waals surface area (Å²) in [4.78, 5) is 44.2. The Bertz CT molecular complexity index is 915. The molecule has 1 saturated heterocycles. The molecule has 1 aromatic heterocycles. The summed E-state index contributed by atoms with van der Waals surface area (Å²) in [5.41, 5.74) is 1.53. The molecule has 31 heavy (non-hydrogen) atoms. The molecule has 2 heterocycles. The fourth-order valence-corrected chi connectivity index (χ4v) is 4.57. The first-order valence-electron chi connectivity index (χ1n) is 11.2.